The van der Waals surface area contributed by atoms with Gasteiger partial charge in [-0.15, -0.1) is 0 Å². The summed E-state index contributed by atoms with van der Waals surface area (Å²) in [7, 11) is 1.63. The fourth-order valence-corrected chi connectivity index (χ4v) is 4.50. The number of fused-ring (bicyclic) bond motifs is 1. The molecule has 0 N–H and O–H groups in total. The van der Waals surface area contributed by atoms with Crippen LogP contribution in [0.5, 0.6) is 5.75 Å². The van der Waals surface area contributed by atoms with Gasteiger partial charge in [0.1, 0.15) is 11.3 Å². The first-order valence-electron chi connectivity index (χ1n) is 11.3. The van der Waals surface area contributed by atoms with Gasteiger partial charge in [0.05, 0.1) is 7.11 Å². The summed E-state index contributed by atoms with van der Waals surface area (Å²) in [5.74, 6) is 1.11. The van der Waals surface area contributed by atoms with Crippen molar-refractivity contribution in [2.75, 3.05) is 26.7 Å². The molecular formula is C26H30N2O4. The minimum Gasteiger partial charge on any atom is -0.497 e. The molecule has 1 fully saturated rings. The van der Waals surface area contributed by atoms with Gasteiger partial charge in [-0.1, -0.05) is 25.1 Å². The van der Waals surface area contributed by atoms with Crippen molar-refractivity contribution in [1.29, 1.82) is 0 Å². The molecular weight excluding hydrogens is 404 g/mol. The molecule has 0 radical (unpaired) electrons. The van der Waals surface area contributed by atoms with E-state index in [4.69, 9.17) is 9.15 Å². The maximum absolute atomic E-state index is 13.5. The van der Waals surface area contributed by atoms with Crippen molar-refractivity contribution in [2.45, 2.75) is 39.2 Å². The Bertz CT molecular complexity index is 1100. The van der Waals surface area contributed by atoms with E-state index in [0.717, 1.165) is 36.0 Å². The minimum atomic E-state index is -0.0765. The summed E-state index contributed by atoms with van der Waals surface area (Å²) in [4.78, 5) is 30.1. The number of likely N-dealkylation sites (tertiary alicyclic amines) is 1. The maximum Gasteiger partial charge on any atom is 0.290 e. The summed E-state index contributed by atoms with van der Waals surface area (Å²) >= 11 is 0. The van der Waals surface area contributed by atoms with E-state index in [0.29, 0.717) is 36.5 Å². The van der Waals surface area contributed by atoms with Crippen LogP contribution < -0.4 is 4.74 Å². The molecule has 0 spiro atoms. The van der Waals surface area contributed by atoms with E-state index in [1.54, 1.807) is 7.11 Å². The summed E-state index contributed by atoms with van der Waals surface area (Å²) in [6.45, 7) is 5.94. The highest BCUT2D eigenvalue weighted by molar-refractivity contribution is 5.99. The molecule has 0 bridgehead atoms. The van der Waals surface area contributed by atoms with Crippen LogP contribution in [0, 0.1) is 6.92 Å². The molecule has 32 heavy (non-hydrogen) atoms. The van der Waals surface area contributed by atoms with Gasteiger partial charge >= 0.3 is 0 Å². The number of rotatable bonds is 6. The smallest absolute Gasteiger partial charge is 0.290 e. The third-order valence-electron chi connectivity index (χ3n) is 6.28. The second-order valence-corrected chi connectivity index (χ2v) is 8.31. The zero-order valence-electron chi connectivity index (χ0n) is 19.0. The Labute approximate surface area is 188 Å². The molecule has 6 heteroatoms. The lowest BCUT2D eigenvalue weighted by Gasteiger charge is -2.38. The number of carbonyl (C=O) groups excluding carboxylic acids is 2. The van der Waals surface area contributed by atoms with Crippen LogP contribution >= 0.6 is 0 Å². The number of furan rings is 1. The number of benzene rings is 2. The van der Waals surface area contributed by atoms with Gasteiger partial charge in [-0.2, -0.15) is 0 Å². The average molecular weight is 435 g/mol. The second-order valence-electron chi connectivity index (χ2n) is 8.31. The van der Waals surface area contributed by atoms with Crippen molar-refractivity contribution in [1.82, 2.24) is 9.80 Å². The topological polar surface area (TPSA) is 63.0 Å². The Balaban J connectivity index is 1.50. The molecule has 4 rings (SSSR count). The number of piperidine rings is 1. The van der Waals surface area contributed by atoms with Gasteiger partial charge in [0, 0.05) is 42.2 Å². The highest BCUT2D eigenvalue weighted by atomic mass is 16.5. The predicted octanol–water partition coefficient (Wildman–Crippen LogP) is 4.91. The molecule has 0 saturated carbocycles. The number of nitrogens with zero attached hydrogens (tertiary/aromatic N) is 2. The van der Waals surface area contributed by atoms with Crippen LogP contribution in [0.1, 0.15) is 52.7 Å². The van der Waals surface area contributed by atoms with E-state index in [9.17, 15) is 9.59 Å². The van der Waals surface area contributed by atoms with E-state index >= 15 is 0 Å². The molecule has 0 unspecified atom stereocenters. The molecule has 2 heterocycles. The lowest BCUT2D eigenvalue weighted by Crippen LogP contribution is -2.49. The average Bonchev–Trinajstić information content (AvgIpc) is 3.18. The molecule has 1 aliphatic heterocycles. The molecule has 1 aromatic heterocycles. The van der Waals surface area contributed by atoms with Gasteiger partial charge in [0.25, 0.3) is 11.8 Å². The number of aryl methyl sites for hydroxylation is 1. The lowest BCUT2D eigenvalue weighted by molar-refractivity contribution is 0.0499. The standard InChI is InChI=1S/C26H30N2O4/c1-4-14-28(20-12-15-27(16-13-20)25(29)19-8-6-5-7-9-19)26(30)24-18(2)22-17-21(31-3)10-11-23(22)32-24/h5-11,17,20H,4,12-16H2,1-3H3. The van der Waals surface area contributed by atoms with E-state index < -0.39 is 0 Å². The highest BCUT2D eigenvalue weighted by Gasteiger charge is 2.32. The second kappa shape index (κ2) is 9.47. The third kappa shape index (κ3) is 4.22. The zero-order chi connectivity index (χ0) is 22.7. The normalized spacial score (nSPS) is 14.5. The van der Waals surface area contributed by atoms with Crippen LogP contribution in [0.15, 0.2) is 52.9 Å². The predicted molar refractivity (Wildman–Crippen MR) is 124 cm³/mol. The third-order valence-corrected chi connectivity index (χ3v) is 6.28. The lowest BCUT2D eigenvalue weighted by atomic mass is 10.0. The summed E-state index contributed by atoms with van der Waals surface area (Å²) in [6.07, 6.45) is 2.39. The molecule has 3 aromatic rings. The molecule has 168 valence electrons. The Hall–Kier alpha value is -3.28. The molecule has 1 aliphatic rings. The maximum atomic E-state index is 13.5. The summed E-state index contributed by atoms with van der Waals surface area (Å²) in [5.41, 5.74) is 2.23. The number of hydrogen-bond donors (Lipinski definition) is 0. The van der Waals surface area contributed by atoms with Crippen LogP contribution in [0.2, 0.25) is 0 Å². The number of hydrogen-bond acceptors (Lipinski definition) is 4. The van der Waals surface area contributed by atoms with Crippen LogP contribution in [0.25, 0.3) is 11.0 Å². The van der Waals surface area contributed by atoms with Crippen molar-refractivity contribution in [3.8, 4) is 5.75 Å². The number of amides is 2. The molecule has 2 amide bonds. The Morgan fingerprint density at radius 1 is 1.12 bits per heavy atom. The molecule has 2 aromatic carbocycles. The Kier molecular flexibility index (Phi) is 6.49. The Morgan fingerprint density at radius 3 is 2.50 bits per heavy atom. The quantitative estimate of drug-likeness (QED) is 0.553. The first-order valence-corrected chi connectivity index (χ1v) is 11.3. The SMILES string of the molecule is CCCN(C(=O)c1oc2ccc(OC)cc2c1C)C1CCN(C(=O)c2ccccc2)CC1. The molecule has 1 saturated heterocycles. The van der Waals surface area contributed by atoms with E-state index in [1.807, 2.05) is 65.3 Å². The van der Waals surface area contributed by atoms with Gasteiger partial charge < -0.3 is 19.0 Å². The van der Waals surface area contributed by atoms with Crippen molar-refractivity contribution < 1.29 is 18.7 Å². The summed E-state index contributed by atoms with van der Waals surface area (Å²) < 4.78 is 11.3. The van der Waals surface area contributed by atoms with Crippen molar-refractivity contribution in [2.24, 2.45) is 0 Å². The van der Waals surface area contributed by atoms with Crippen LogP contribution in [-0.2, 0) is 0 Å². The fraction of sp³-hybridized carbons (Fsp3) is 0.385. The minimum absolute atomic E-state index is 0.0551. The summed E-state index contributed by atoms with van der Waals surface area (Å²) in [5, 5.41) is 0.896. The summed E-state index contributed by atoms with van der Waals surface area (Å²) in [6, 6.07) is 15.0. The van der Waals surface area contributed by atoms with Crippen LogP contribution in [-0.4, -0.2) is 54.4 Å². The van der Waals surface area contributed by atoms with Gasteiger partial charge in [-0.05, 0) is 56.5 Å². The van der Waals surface area contributed by atoms with Crippen molar-refractivity contribution in [3.05, 3.63) is 65.4 Å². The van der Waals surface area contributed by atoms with Crippen molar-refractivity contribution >= 4 is 22.8 Å². The van der Waals surface area contributed by atoms with Gasteiger partial charge in [0.15, 0.2) is 5.76 Å². The van der Waals surface area contributed by atoms with E-state index in [2.05, 4.69) is 6.92 Å². The zero-order valence-corrected chi connectivity index (χ0v) is 19.0. The van der Waals surface area contributed by atoms with Gasteiger partial charge in [-0.25, -0.2) is 0 Å². The monoisotopic (exact) mass is 434 g/mol. The Morgan fingerprint density at radius 2 is 1.84 bits per heavy atom. The number of methoxy groups -OCH3 is 1. The van der Waals surface area contributed by atoms with Crippen molar-refractivity contribution in [3.63, 3.8) is 0 Å². The number of carbonyl (C=O) groups is 2. The van der Waals surface area contributed by atoms with Gasteiger partial charge in [0.2, 0.25) is 0 Å². The van der Waals surface area contributed by atoms with E-state index in [1.165, 1.54) is 0 Å². The van der Waals surface area contributed by atoms with Gasteiger partial charge in [-0.3, -0.25) is 9.59 Å². The molecule has 6 nitrogen and oxygen atoms in total. The fourth-order valence-electron chi connectivity index (χ4n) is 4.50. The largest absolute Gasteiger partial charge is 0.497 e. The highest BCUT2D eigenvalue weighted by Crippen LogP contribution is 2.31. The first-order chi connectivity index (χ1) is 15.5. The van der Waals surface area contributed by atoms with E-state index in [-0.39, 0.29) is 17.9 Å². The van der Waals surface area contributed by atoms with Crippen LogP contribution in [0.3, 0.4) is 0 Å². The first kappa shape index (κ1) is 21.9. The molecule has 0 atom stereocenters. The number of ether oxygens (including phenoxy) is 1. The van der Waals surface area contributed by atoms with Crippen LogP contribution in [0.4, 0.5) is 0 Å². The molecule has 0 aliphatic carbocycles.